The van der Waals surface area contributed by atoms with Gasteiger partial charge in [0.1, 0.15) is 4.90 Å². The summed E-state index contributed by atoms with van der Waals surface area (Å²) in [6.07, 6.45) is 0. The van der Waals surface area contributed by atoms with Gasteiger partial charge < -0.3 is 10.5 Å². The van der Waals surface area contributed by atoms with Crippen LogP contribution in [0.25, 0.3) is 0 Å². The molecule has 0 saturated carbocycles. The van der Waals surface area contributed by atoms with E-state index in [1.54, 1.807) is 6.92 Å². The highest BCUT2D eigenvalue weighted by molar-refractivity contribution is 7.89. The predicted octanol–water partition coefficient (Wildman–Crippen LogP) is 0.354. The lowest BCUT2D eigenvalue weighted by atomic mass is 10.2. The molecule has 0 aliphatic heterocycles. The molecule has 1 rings (SSSR count). The van der Waals surface area contributed by atoms with Crippen molar-refractivity contribution in [3.63, 3.8) is 0 Å². The Labute approximate surface area is 99.8 Å². The van der Waals surface area contributed by atoms with E-state index in [1.165, 1.54) is 25.3 Å². The summed E-state index contributed by atoms with van der Waals surface area (Å²) in [6, 6.07) is 3.90. The zero-order chi connectivity index (χ0) is 13.1. The van der Waals surface area contributed by atoms with Gasteiger partial charge in [-0.2, -0.15) is 0 Å². The molecule has 0 spiro atoms. The first kappa shape index (κ1) is 13.5. The fourth-order valence-electron chi connectivity index (χ4n) is 1.31. The number of methoxy groups -OCH3 is 1. The lowest BCUT2D eigenvalue weighted by Crippen LogP contribution is -2.24. The summed E-state index contributed by atoms with van der Waals surface area (Å²) < 4.78 is 30.2. The molecule has 0 heterocycles. The minimum atomic E-state index is -3.62. The number of hydrogen-bond acceptors (Lipinski definition) is 5. The molecule has 17 heavy (non-hydrogen) atoms. The quantitative estimate of drug-likeness (QED) is 0.600. The van der Waals surface area contributed by atoms with E-state index in [4.69, 9.17) is 5.73 Å². The van der Waals surface area contributed by atoms with Crippen molar-refractivity contribution >= 4 is 21.7 Å². The lowest BCUT2D eigenvalue weighted by Gasteiger charge is -2.08. The third kappa shape index (κ3) is 2.95. The molecule has 3 N–H and O–H groups in total. The molecule has 0 aliphatic rings. The van der Waals surface area contributed by atoms with Crippen molar-refractivity contribution in [1.82, 2.24) is 4.72 Å². The van der Waals surface area contributed by atoms with Crippen LogP contribution in [0.4, 0.5) is 5.69 Å². The van der Waals surface area contributed by atoms with Crippen molar-refractivity contribution in [2.24, 2.45) is 0 Å². The first-order valence-corrected chi connectivity index (χ1v) is 6.38. The summed E-state index contributed by atoms with van der Waals surface area (Å²) in [7, 11) is -2.38. The molecule has 0 amide bonds. The molecule has 0 fully saturated rings. The fourth-order valence-corrected chi connectivity index (χ4v) is 2.46. The Balaban J connectivity index is 3.19. The number of anilines is 1. The van der Waals surface area contributed by atoms with Crippen LogP contribution in [-0.4, -0.2) is 28.0 Å². The fraction of sp³-hybridized carbons (Fsp3) is 0.300. The van der Waals surface area contributed by atoms with Gasteiger partial charge in [0.15, 0.2) is 0 Å². The number of benzene rings is 1. The van der Waals surface area contributed by atoms with Crippen molar-refractivity contribution in [1.29, 1.82) is 0 Å². The maximum absolute atomic E-state index is 11.7. The zero-order valence-corrected chi connectivity index (χ0v) is 10.4. The molecule has 0 atom stereocenters. The molecular formula is C10H14N2O4S. The van der Waals surface area contributed by atoms with Gasteiger partial charge in [-0.25, -0.2) is 17.9 Å². The van der Waals surface area contributed by atoms with Gasteiger partial charge in [-0.1, -0.05) is 6.92 Å². The highest BCUT2D eigenvalue weighted by Crippen LogP contribution is 2.19. The van der Waals surface area contributed by atoms with E-state index in [-0.39, 0.29) is 22.7 Å². The van der Waals surface area contributed by atoms with Crippen LogP contribution in [0.1, 0.15) is 17.3 Å². The number of hydrogen-bond donors (Lipinski definition) is 2. The number of nitrogens with two attached hydrogens (primary N) is 1. The molecule has 6 nitrogen and oxygen atoms in total. The first-order valence-electron chi connectivity index (χ1n) is 4.90. The topological polar surface area (TPSA) is 98.5 Å². The van der Waals surface area contributed by atoms with Crippen LogP contribution < -0.4 is 10.5 Å². The van der Waals surface area contributed by atoms with Crippen LogP contribution in [-0.2, 0) is 14.8 Å². The zero-order valence-electron chi connectivity index (χ0n) is 9.56. The van der Waals surface area contributed by atoms with Gasteiger partial charge in [-0.3, -0.25) is 0 Å². The van der Waals surface area contributed by atoms with Crippen LogP contribution in [0.15, 0.2) is 23.1 Å². The van der Waals surface area contributed by atoms with E-state index < -0.39 is 16.0 Å². The van der Waals surface area contributed by atoms with Gasteiger partial charge in [0.05, 0.1) is 18.4 Å². The second-order valence-corrected chi connectivity index (χ2v) is 4.98. The average molecular weight is 258 g/mol. The first-order chi connectivity index (χ1) is 7.92. The Morgan fingerprint density at radius 2 is 2.12 bits per heavy atom. The van der Waals surface area contributed by atoms with Gasteiger partial charge in [-0.05, 0) is 18.2 Å². The Morgan fingerprint density at radius 1 is 1.47 bits per heavy atom. The normalized spacial score (nSPS) is 11.2. The molecule has 0 aliphatic carbocycles. The van der Waals surface area contributed by atoms with Crippen LogP contribution in [0.3, 0.4) is 0 Å². The number of ether oxygens (including phenoxy) is 1. The number of carbonyl (C=O) groups excluding carboxylic acids is 1. The van der Waals surface area contributed by atoms with E-state index in [1.807, 2.05) is 0 Å². The summed E-state index contributed by atoms with van der Waals surface area (Å²) in [5.41, 5.74) is 5.82. The summed E-state index contributed by atoms with van der Waals surface area (Å²) >= 11 is 0. The highest BCUT2D eigenvalue weighted by Gasteiger charge is 2.17. The number of sulfonamides is 1. The minimum Gasteiger partial charge on any atom is -0.465 e. The maximum atomic E-state index is 11.7. The molecule has 1 aromatic carbocycles. The van der Waals surface area contributed by atoms with E-state index >= 15 is 0 Å². The van der Waals surface area contributed by atoms with E-state index in [9.17, 15) is 13.2 Å². The Kier molecular flexibility index (Phi) is 4.08. The molecule has 1 aromatic rings. The third-order valence-corrected chi connectivity index (χ3v) is 3.67. The second-order valence-electron chi connectivity index (χ2n) is 3.25. The molecule has 0 saturated heterocycles. The van der Waals surface area contributed by atoms with Crippen LogP contribution in [0.5, 0.6) is 0 Å². The number of esters is 1. The van der Waals surface area contributed by atoms with Gasteiger partial charge in [0.2, 0.25) is 10.0 Å². The monoisotopic (exact) mass is 258 g/mol. The Morgan fingerprint density at radius 3 is 2.59 bits per heavy atom. The van der Waals surface area contributed by atoms with Gasteiger partial charge in [0, 0.05) is 6.54 Å². The van der Waals surface area contributed by atoms with E-state index in [0.717, 1.165) is 0 Å². The lowest BCUT2D eigenvalue weighted by molar-refractivity contribution is 0.0600. The van der Waals surface area contributed by atoms with Crippen LogP contribution in [0, 0.1) is 0 Å². The largest absolute Gasteiger partial charge is 0.465 e. The smallest absolute Gasteiger partial charge is 0.337 e. The molecule has 0 radical (unpaired) electrons. The van der Waals surface area contributed by atoms with Crippen molar-refractivity contribution in [2.45, 2.75) is 11.8 Å². The number of nitrogens with one attached hydrogen (secondary N) is 1. The van der Waals surface area contributed by atoms with Gasteiger partial charge >= 0.3 is 5.97 Å². The molecule has 0 unspecified atom stereocenters. The van der Waals surface area contributed by atoms with Gasteiger partial charge in [0.25, 0.3) is 0 Å². The third-order valence-electron chi connectivity index (χ3n) is 2.05. The van der Waals surface area contributed by atoms with Crippen molar-refractivity contribution in [3.8, 4) is 0 Å². The van der Waals surface area contributed by atoms with E-state index in [0.29, 0.717) is 0 Å². The number of nitrogen functional groups attached to an aromatic ring is 1. The van der Waals surface area contributed by atoms with Crippen LogP contribution >= 0.6 is 0 Å². The van der Waals surface area contributed by atoms with Crippen molar-refractivity contribution in [3.05, 3.63) is 23.8 Å². The van der Waals surface area contributed by atoms with Crippen molar-refractivity contribution in [2.75, 3.05) is 19.4 Å². The molecule has 0 aromatic heterocycles. The van der Waals surface area contributed by atoms with Crippen LogP contribution in [0.2, 0.25) is 0 Å². The molecule has 94 valence electrons. The summed E-state index contributed by atoms with van der Waals surface area (Å²) in [4.78, 5) is 11.2. The molecular weight excluding hydrogens is 244 g/mol. The Hall–Kier alpha value is -1.60. The maximum Gasteiger partial charge on any atom is 0.337 e. The summed E-state index contributed by atoms with van der Waals surface area (Å²) in [6.45, 7) is 1.93. The standard InChI is InChI=1S/C10H14N2O4S/c1-3-12-17(14,15)9-5-4-7(6-8(9)11)10(13)16-2/h4-6,12H,3,11H2,1-2H3. The second kappa shape index (κ2) is 5.15. The Bertz CT molecular complexity index is 525. The molecule has 0 bridgehead atoms. The number of rotatable bonds is 4. The summed E-state index contributed by atoms with van der Waals surface area (Å²) in [5, 5.41) is 0. The molecule has 7 heteroatoms. The summed E-state index contributed by atoms with van der Waals surface area (Å²) in [5.74, 6) is -0.566. The minimum absolute atomic E-state index is 0.00819. The SMILES string of the molecule is CCNS(=O)(=O)c1ccc(C(=O)OC)cc1N. The van der Waals surface area contributed by atoms with Gasteiger partial charge in [-0.15, -0.1) is 0 Å². The van der Waals surface area contributed by atoms with E-state index in [2.05, 4.69) is 9.46 Å². The number of carbonyl (C=O) groups is 1. The predicted molar refractivity (Wildman–Crippen MR) is 63.1 cm³/mol. The van der Waals surface area contributed by atoms with Crippen molar-refractivity contribution < 1.29 is 17.9 Å². The average Bonchev–Trinajstić information content (AvgIpc) is 2.27. The highest BCUT2D eigenvalue weighted by atomic mass is 32.2.